The monoisotopic (exact) mass is 310 g/mol. The van der Waals surface area contributed by atoms with E-state index in [1.54, 1.807) is 7.11 Å². The first-order valence-electron chi connectivity index (χ1n) is 8.96. The van der Waals surface area contributed by atoms with Gasteiger partial charge >= 0.3 is 0 Å². The molecule has 2 aromatic carbocycles. The van der Waals surface area contributed by atoms with Crippen molar-refractivity contribution in [1.82, 2.24) is 0 Å². The first-order chi connectivity index (χ1) is 11.2. The molecule has 1 atom stereocenters. The molecule has 0 amide bonds. The largest absolute Gasteiger partial charge is 0.497 e. The van der Waals surface area contributed by atoms with Gasteiger partial charge in [0.2, 0.25) is 0 Å². The van der Waals surface area contributed by atoms with E-state index < -0.39 is 0 Å². The average Bonchev–Trinajstić information content (AvgIpc) is 2.62. The van der Waals surface area contributed by atoms with Crippen LogP contribution in [0, 0.1) is 5.92 Å². The van der Waals surface area contributed by atoms with Crippen LogP contribution in [0.4, 0.5) is 0 Å². The molecule has 23 heavy (non-hydrogen) atoms. The van der Waals surface area contributed by atoms with Crippen LogP contribution in [0.25, 0.3) is 11.1 Å². The number of methoxy groups -OCH3 is 1. The topological polar surface area (TPSA) is 9.23 Å². The van der Waals surface area contributed by atoms with Gasteiger partial charge in [-0.2, -0.15) is 0 Å². The summed E-state index contributed by atoms with van der Waals surface area (Å²) in [6.45, 7) is 4.65. The summed E-state index contributed by atoms with van der Waals surface area (Å²) in [4.78, 5) is 0. The van der Waals surface area contributed by atoms with Gasteiger partial charge in [0.15, 0.2) is 0 Å². The number of hydrogen-bond donors (Lipinski definition) is 0. The number of unbranched alkanes of at least 4 members (excludes halogenated alkanes) is 2. The van der Waals surface area contributed by atoms with Gasteiger partial charge in [-0.3, -0.25) is 0 Å². The van der Waals surface area contributed by atoms with Gasteiger partial charge in [-0.1, -0.05) is 75.9 Å². The van der Waals surface area contributed by atoms with E-state index in [2.05, 4.69) is 50.2 Å². The second-order valence-corrected chi connectivity index (χ2v) is 6.54. The van der Waals surface area contributed by atoms with Crippen LogP contribution in [-0.4, -0.2) is 7.11 Å². The van der Waals surface area contributed by atoms with E-state index in [1.807, 2.05) is 12.1 Å². The van der Waals surface area contributed by atoms with Crippen LogP contribution in [0.2, 0.25) is 0 Å². The first-order valence-corrected chi connectivity index (χ1v) is 8.96. The molecule has 0 aliphatic heterocycles. The Morgan fingerprint density at radius 1 is 0.826 bits per heavy atom. The average molecular weight is 310 g/mol. The molecule has 124 valence electrons. The van der Waals surface area contributed by atoms with Gasteiger partial charge in [0, 0.05) is 0 Å². The van der Waals surface area contributed by atoms with Crippen LogP contribution in [0.3, 0.4) is 0 Å². The van der Waals surface area contributed by atoms with E-state index in [4.69, 9.17) is 4.74 Å². The Morgan fingerprint density at radius 3 is 2.00 bits per heavy atom. The second kappa shape index (κ2) is 9.39. The van der Waals surface area contributed by atoms with Crippen molar-refractivity contribution in [2.24, 2.45) is 5.92 Å². The standard InChI is InChI=1S/C22H30O/c1-4-18(2)8-6-5-7-9-19-10-12-20(13-11-19)21-14-16-22(23-3)17-15-21/h10-18H,4-9H2,1-3H3/t18-/m0/s1. The van der Waals surface area contributed by atoms with E-state index >= 15 is 0 Å². The molecule has 0 aliphatic carbocycles. The zero-order valence-corrected chi connectivity index (χ0v) is 14.8. The van der Waals surface area contributed by atoms with Gasteiger partial charge in [-0.05, 0) is 47.6 Å². The molecule has 2 rings (SSSR count). The van der Waals surface area contributed by atoms with Gasteiger partial charge in [-0.15, -0.1) is 0 Å². The fourth-order valence-electron chi connectivity index (χ4n) is 2.85. The van der Waals surface area contributed by atoms with Crippen molar-refractivity contribution in [3.63, 3.8) is 0 Å². The molecule has 0 unspecified atom stereocenters. The summed E-state index contributed by atoms with van der Waals surface area (Å²) >= 11 is 0. The number of aryl methyl sites for hydroxylation is 1. The lowest BCUT2D eigenvalue weighted by Gasteiger charge is -2.08. The van der Waals surface area contributed by atoms with E-state index in [9.17, 15) is 0 Å². The highest BCUT2D eigenvalue weighted by Gasteiger charge is 2.01. The summed E-state index contributed by atoms with van der Waals surface area (Å²) in [5.74, 6) is 1.79. The Kier molecular flexibility index (Phi) is 7.19. The summed E-state index contributed by atoms with van der Waals surface area (Å²) in [6.07, 6.45) is 7.92. The fourth-order valence-corrected chi connectivity index (χ4v) is 2.85. The van der Waals surface area contributed by atoms with Crippen LogP contribution in [-0.2, 0) is 6.42 Å². The Morgan fingerprint density at radius 2 is 1.43 bits per heavy atom. The zero-order chi connectivity index (χ0) is 16.5. The van der Waals surface area contributed by atoms with Crippen molar-refractivity contribution < 1.29 is 4.74 Å². The van der Waals surface area contributed by atoms with Crippen molar-refractivity contribution >= 4 is 0 Å². The van der Waals surface area contributed by atoms with E-state index in [0.29, 0.717) is 0 Å². The van der Waals surface area contributed by atoms with Gasteiger partial charge in [-0.25, -0.2) is 0 Å². The second-order valence-electron chi connectivity index (χ2n) is 6.54. The molecule has 0 radical (unpaired) electrons. The maximum Gasteiger partial charge on any atom is 0.118 e. The zero-order valence-electron chi connectivity index (χ0n) is 14.8. The summed E-state index contributed by atoms with van der Waals surface area (Å²) in [6, 6.07) is 17.3. The van der Waals surface area contributed by atoms with Crippen molar-refractivity contribution in [1.29, 1.82) is 0 Å². The third-order valence-corrected chi connectivity index (χ3v) is 4.74. The van der Waals surface area contributed by atoms with Crippen LogP contribution in [0.15, 0.2) is 48.5 Å². The minimum Gasteiger partial charge on any atom is -0.497 e. The number of ether oxygens (including phenoxy) is 1. The Hall–Kier alpha value is -1.76. The Balaban J connectivity index is 1.80. The van der Waals surface area contributed by atoms with Crippen molar-refractivity contribution in [2.45, 2.75) is 52.4 Å². The van der Waals surface area contributed by atoms with Crippen LogP contribution >= 0.6 is 0 Å². The number of benzene rings is 2. The summed E-state index contributed by atoms with van der Waals surface area (Å²) in [7, 11) is 1.70. The van der Waals surface area contributed by atoms with Gasteiger partial charge in [0.25, 0.3) is 0 Å². The van der Waals surface area contributed by atoms with Crippen molar-refractivity contribution in [2.75, 3.05) is 7.11 Å². The SMILES string of the molecule is CC[C@H](C)CCCCCc1ccc(-c2ccc(OC)cc2)cc1. The summed E-state index contributed by atoms with van der Waals surface area (Å²) in [5, 5.41) is 0. The predicted octanol–water partition coefficient (Wildman–Crippen LogP) is 6.51. The van der Waals surface area contributed by atoms with E-state index in [1.165, 1.54) is 55.2 Å². The van der Waals surface area contributed by atoms with Crippen LogP contribution in [0.5, 0.6) is 5.75 Å². The molecule has 2 aromatic rings. The van der Waals surface area contributed by atoms with Crippen molar-refractivity contribution in [3.05, 3.63) is 54.1 Å². The highest BCUT2D eigenvalue weighted by atomic mass is 16.5. The molecule has 1 nitrogen and oxygen atoms in total. The molecule has 0 heterocycles. The highest BCUT2D eigenvalue weighted by molar-refractivity contribution is 5.64. The Bertz CT molecular complexity index is 554. The lowest BCUT2D eigenvalue weighted by Crippen LogP contribution is -1.92. The predicted molar refractivity (Wildman–Crippen MR) is 100 cm³/mol. The third-order valence-electron chi connectivity index (χ3n) is 4.74. The van der Waals surface area contributed by atoms with Gasteiger partial charge in [0.05, 0.1) is 7.11 Å². The number of hydrogen-bond acceptors (Lipinski definition) is 1. The molecular weight excluding hydrogens is 280 g/mol. The quantitative estimate of drug-likeness (QED) is 0.480. The molecule has 0 fully saturated rings. The van der Waals surface area contributed by atoms with Gasteiger partial charge in [0.1, 0.15) is 5.75 Å². The minimum absolute atomic E-state index is 0.888. The third kappa shape index (κ3) is 5.74. The lowest BCUT2D eigenvalue weighted by atomic mass is 9.98. The highest BCUT2D eigenvalue weighted by Crippen LogP contribution is 2.23. The van der Waals surface area contributed by atoms with Crippen LogP contribution < -0.4 is 4.74 Å². The summed E-state index contributed by atoms with van der Waals surface area (Å²) < 4.78 is 5.21. The molecule has 0 aromatic heterocycles. The van der Waals surface area contributed by atoms with Crippen molar-refractivity contribution in [3.8, 4) is 16.9 Å². The lowest BCUT2D eigenvalue weighted by molar-refractivity contribution is 0.415. The van der Waals surface area contributed by atoms with E-state index in [0.717, 1.165) is 11.7 Å². The normalized spacial score (nSPS) is 12.1. The fraction of sp³-hybridized carbons (Fsp3) is 0.455. The molecule has 0 N–H and O–H groups in total. The molecule has 0 saturated heterocycles. The molecule has 0 spiro atoms. The minimum atomic E-state index is 0.888. The molecule has 0 saturated carbocycles. The van der Waals surface area contributed by atoms with Gasteiger partial charge < -0.3 is 4.74 Å². The molecule has 0 bridgehead atoms. The molecule has 0 aliphatic rings. The Labute approximate surface area is 141 Å². The maximum atomic E-state index is 5.21. The van der Waals surface area contributed by atoms with Crippen LogP contribution in [0.1, 0.15) is 51.5 Å². The first kappa shape index (κ1) is 17.6. The summed E-state index contributed by atoms with van der Waals surface area (Å²) in [5.41, 5.74) is 3.96. The number of rotatable bonds is 9. The smallest absolute Gasteiger partial charge is 0.118 e. The van der Waals surface area contributed by atoms with E-state index in [-0.39, 0.29) is 0 Å². The molecular formula is C22H30O. The maximum absolute atomic E-state index is 5.21. The molecule has 1 heteroatoms.